The molecule has 4 aromatic rings. The Morgan fingerprint density at radius 2 is 1.77 bits per heavy atom. The first-order valence-electron chi connectivity index (χ1n) is 9.09. The van der Waals surface area contributed by atoms with Crippen LogP contribution < -0.4 is 22.3 Å². The summed E-state index contributed by atoms with van der Waals surface area (Å²) in [6, 6.07) is 10.6. The number of para-hydroxylation sites is 1. The van der Waals surface area contributed by atoms with E-state index in [0.29, 0.717) is 5.69 Å². The lowest BCUT2D eigenvalue weighted by molar-refractivity contribution is 0.632. The van der Waals surface area contributed by atoms with E-state index in [9.17, 15) is 9.18 Å². The molecule has 2 aromatic carbocycles. The first kappa shape index (κ1) is 20.8. The summed E-state index contributed by atoms with van der Waals surface area (Å²) in [6.45, 7) is 1.71. The number of nitrogens with two attached hydrogens (primary N) is 2. The number of anilines is 3. The third-order valence-electron chi connectivity index (χ3n) is 4.60. The third kappa shape index (κ3) is 3.73. The number of hydrogen-bond donors (Lipinski definition) is 3. The fourth-order valence-corrected chi connectivity index (χ4v) is 3.57. The Bertz CT molecular complexity index is 1360. The highest BCUT2D eigenvalue weighted by molar-refractivity contribution is 6.35. The highest BCUT2D eigenvalue weighted by Gasteiger charge is 2.22. The predicted molar refractivity (Wildman–Crippen MR) is 120 cm³/mol. The van der Waals surface area contributed by atoms with Gasteiger partial charge in [-0.2, -0.15) is 9.97 Å². The molecule has 0 aliphatic rings. The second kappa shape index (κ2) is 8.01. The van der Waals surface area contributed by atoms with Crippen molar-refractivity contribution in [3.05, 3.63) is 74.5 Å². The SMILES string of the molecule is CC(Nc1nc(N)nc(N)c1Cl)c1nc2c(F)ccc(Cl)c2c(=O)n1-c1ccccc1. The Morgan fingerprint density at radius 1 is 1.06 bits per heavy atom. The van der Waals surface area contributed by atoms with Crippen molar-refractivity contribution < 1.29 is 4.39 Å². The highest BCUT2D eigenvalue weighted by Crippen LogP contribution is 2.30. The maximum atomic E-state index is 14.6. The summed E-state index contributed by atoms with van der Waals surface area (Å²) < 4.78 is 15.9. The third-order valence-corrected chi connectivity index (χ3v) is 5.29. The van der Waals surface area contributed by atoms with Crippen molar-refractivity contribution in [3.8, 4) is 5.69 Å². The van der Waals surface area contributed by atoms with Gasteiger partial charge in [0.25, 0.3) is 5.56 Å². The number of halogens is 3. The van der Waals surface area contributed by atoms with E-state index in [-0.39, 0.29) is 44.4 Å². The molecule has 8 nitrogen and oxygen atoms in total. The van der Waals surface area contributed by atoms with E-state index in [2.05, 4.69) is 20.3 Å². The fraction of sp³-hybridized carbons (Fsp3) is 0.100. The normalized spacial score (nSPS) is 12.1. The zero-order chi connectivity index (χ0) is 22.3. The molecule has 0 amide bonds. The number of benzene rings is 2. The highest BCUT2D eigenvalue weighted by atomic mass is 35.5. The summed E-state index contributed by atoms with van der Waals surface area (Å²) in [5.41, 5.74) is 11.3. The number of fused-ring (bicyclic) bond motifs is 1. The van der Waals surface area contributed by atoms with Crippen LogP contribution in [0.25, 0.3) is 16.6 Å². The van der Waals surface area contributed by atoms with E-state index in [1.54, 1.807) is 31.2 Å². The maximum Gasteiger partial charge on any atom is 0.267 e. The van der Waals surface area contributed by atoms with Crippen molar-refractivity contribution in [2.75, 3.05) is 16.8 Å². The first-order valence-corrected chi connectivity index (χ1v) is 9.84. The molecular formula is C20H16Cl2FN7O. The van der Waals surface area contributed by atoms with E-state index >= 15 is 0 Å². The van der Waals surface area contributed by atoms with Crippen LogP contribution in [0, 0.1) is 5.82 Å². The lowest BCUT2D eigenvalue weighted by atomic mass is 10.2. The van der Waals surface area contributed by atoms with Gasteiger partial charge < -0.3 is 16.8 Å². The van der Waals surface area contributed by atoms with Gasteiger partial charge in [0.1, 0.15) is 28.0 Å². The summed E-state index contributed by atoms with van der Waals surface area (Å²) in [7, 11) is 0. The second-order valence-corrected chi connectivity index (χ2v) is 7.48. The van der Waals surface area contributed by atoms with Crippen LogP contribution in [-0.4, -0.2) is 19.5 Å². The van der Waals surface area contributed by atoms with Gasteiger partial charge in [-0.25, -0.2) is 9.37 Å². The molecule has 1 atom stereocenters. The van der Waals surface area contributed by atoms with Gasteiger partial charge in [0.15, 0.2) is 5.82 Å². The average molecular weight is 460 g/mol. The molecule has 0 saturated heterocycles. The topological polar surface area (TPSA) is 125 Å². The van der Waals surface area contributed by atoms with Gasteiger partial charge in [0.05, 0.1) is 22.1 Å². The van der Waals surface area contributed by atoms with Crippen LogP contribution in [0.5, 0.6) is 0 Å². The molecule has 0 saturated carbocycles. The van der Waals surface area contributed by atoms with Crippen LogP contribution in [0.15, 0.2) is 47.3 Å². The number of aromatic nitrogens is 4. The van der Waals surface area contributed by atoms with Gasteiger partial charge in [-0.15, -0.1) is 0 Å². The van der Waals surface area contributed by atoms with Gasteiger partial charge in [-0.3, -0.25) is 9.36 Å². The lowest BCUT2D eigenvalue weighted by Gasteiger charge is -2.21. The number of nitrogens with zero attached hydrogens (tertiary/aromatic N) is 4. The van der Waals surface area contributed by atoms with Crippen LogP contribution >= 0.6 is 23.2 Å². The van der Waals surface area contributed by atoms with Crippen molar-refractivity contribution in [3.63, 3.8) is 0 Å². The van der Waals surface area contributed by atoms with Gasteiger partial charge in [0, 0.05) is 0 Å². The molecule has 4 rings (SSSR count). The molecule has 1 unspecified atom stereocenters. The number of nitrogens with one attached hydrogen (secondary N) is 1. The Kier molecular flexibility index (Phi) is 5.38. The molecule has 158 valence electrons. The van der Waals surface area contributed by atoms with E-state index in [1.807, 2.05) is 6.07 Å². The van der Waals surface area contributed by atoms with Crippen molar-refractivity contribution >= 4 is 51.7 Å². The number of nitrogen functional groups attached to an aromatic ring is 2. The molecular weight excluding hydrogens is 444 g/mol. The smallest absolute Gasteiger partial charge is 0.267 e. The summed E-state index contributed by atoms with van der Waals surface area (Å²) in [5, 5.41) is 3.17. The molecule has 0 fully saturated rings. The van der Waals surface area contributed by atoms with E-state index in [4.69, 9.17) is 34.7 Å². The average Bonchev–Trinajstić information content (AvgIpc) is 2.74. The summed E-state index contributed by atoms with van der Waals surface area (Å²) in [6.07, 6.45) is 0. The molecule has 31 heavy (non-hydrogen) atoms. The number of hydrogen-bond acceptors (Lipinski definition) is 7. The van der Waals surface area contributed by atoms with Gasteiger partial charge in [0.2, 0.25) is 5.95 Å². The van der Waals surface area contributed by atoms with Gasteiger partial charge in [-0.1, -0.05) is 41.4 Å². The molecule has 2 heterocycles. The molecule has 2 aromatic heterocycles. The molecule has 0 bridgehead atoms. The van der Waals surface area contributed by atoms with Crippen LogP contribution in [-0.2, 0) is 0 Å². The quantitative estimate of drug-likeness (QED) is 0.421. The monoisotopic (exact) mass is 459 g/mol. The zero-order valence-corrected chi connectivity index (χ0v) is 17.6. The Hall–Kier alpha value is -3.43. The zero-order valence-electron chi connectivity index (χ0n) is 16.1. The maximum absolute atomic E-state index is 14.6. The van der Waals surface area contributed by atoms with Crippen LogP contribution in [0.2, 0.25) is 10.0 Å². The Labute approximate surface area is 185 Å². The van der Waals surface area contributed by atoms with E-state index in [1.165, 1.54) is 10.6 Å². The Morgan fingerprint density at radius 3 is 2.48 bits per heavy atom. The Balaban J connectivity index is 1.96. The fourth-order valence-electron chi connectivity index (χ4n) is 3.20. The lowest BCUT2D eigenvalue weighted by Crippen LogP contribution is -2.28. The van der Waals surface area contributed by atoms with Crippen LogP contribution in [0.4, 0.5) is 22.0 Å². The molecule has 0 aliphatic heterocycles. The van der Waals surface area contributed by atoms with Crippen molar-refractivity contribution in [2.24, 2.45) is 0 Å². The molecule has 0 aliphatic carbocycles. The second-order valence-electron chi connectivity index (χ2n) is 6.69. The van der Waals surface area contributed by atoms with Crippen molar-refractivity contribution in [1.82, 2.24) is 19.5 Å². The summed E-state index contributed by atoms with van der Waals surface area (Å²) in [4.78, 5) is 25.7. The van der Waals surface area contributed by atoms with Crippen LogP contribution in [0.3, 0.4) is 0 Å². The largest absolute Gasteiger partial charge is 0.382 e. The van der Waals surface area contributed by atoms with Crippen molar-refractivity contribution in [1.29, 1.82) is 0 Å². The molecule has 0 spiro atoms. The van der Waals surface area contributed by atoms with Crippen molar-refractivity contribution in [2.45, 2.75) is 13.0 Å². The predicted octanol–water partition coefficient (Wildman–Crippen LogP) is 3.96. The summed E-state index contributed by atoms with van der Waals surface area (Å²) >= 11 is 12.4. The first-order chi connectivity index (χ1) is 14.8. The minimum atomic E-state index is -0.668. The van der Waals surface area contributed by atoms with Gasteiger partial charge >= 0.3 is 0 Å². The van der Waals surface area contributed by atoms with E-state index < -0.39 is 17.4 Å². The van der Waals surface area contributed by atoms with E-state index in [0.717, 1.165) is 6.07 Å². The van der Waals surface area contributed by atoms with Crippen LogP contribution in [0.1, 0.15) is 18.8 Å². The standard InChI is InChI=1S/C20H16Cl2FN7O/c1-9(26-17-14(22)16(24)28-20(25)29-17)18-27-15-12(23)8-7-11(21)13(15)19(31)30(18)10-5-3-2-4-6-10/h2-9H,1H3,(H5,24,25,26,28,29). The molecule has 11 heteroatoms. The molecule has 0 radical (unpaired) electrons. The minimum Gasteiger partial charge on any atom is -0.382 e. The molecule has 5 N–H and O–H groups in total. The minimum absolute atomic E-state index is 0.00591. The number of rotatable bonds is 4. The van der Waals surface area contributed by atoms with Gasteiger partial charge in [-0.05, 0) is 31.2 Å². The summed E-state index contributed by atoms with van der Waals surface area (Å²) in [5.74, 6) is -0.398.